The molecule has 0 bridgehead atoms. The lowest BCUT2D eigenvalue weighted by atomic mass is 9.88. The van der Waals surface area contributed by atoms with Crippen LogP contribution in [0.1, 0.15) is 49.4 Å². The van der Waals surface area contributed by atoms with E-state index in [1.165, 1.54) is 18.2 Å². The van der Waals surface area contributed by atoms with Gasteiger partial charge in [0.1, 0.15) is 11.9 Å². The number of rotatable bonds is 6. The zero-order valence-corrected chi connectivity index (χ0v) is 19.3. The van der Waals surface area contributed by atoms with Gasteiger partial charge in [-0.25, -0.2) is 4.98 Å². The van der Waals surface area contributed by atoms with E-state index < -0.39 is 0 Å². The SMILES string of the molecule is COc1cc(C=Nn2c(C3CCCCC3)nc3ccc(Br)cc3c2=O)ccc1OCC#N. The molecule has 1 aliphatic carbocycles. The van der Waals surface area contributed by atoms with Gasteiger partial charge in [0.15, 0.2) is 18.1 Å². The van der Waals surface area contributed by atoms with Gasteiger partial charge in [-0.15, -0.1) is 0 Å². The minimum absolute atomic E-state index is 0.0672. The summed E-state index contributed by atoms with van der Waals surface area (Å²) in [7, 11) is 1.53. The lowest BCUT2D eigenvalue weighted by molar-refractivity contribution is 0.329. The average Bonchev–Trinajstić information content (AvgIpc) is 2.83. The lowest BCUT2D eigenvalue weighted by Gasteiger charge is -2.22. The first-order chi connectivity index (χ1) is 15.6. The number of hydrogen-bond acceptors (Lipinski definition) is 6. The Morgan fingerprint density at radius 1 is 1.22 bits per heavy atom. The van der Waals surface area contributed by atoms with Gasteiger partial charge in [-0.3, -0.25) is 4.79 Å². The van der Waals surface area contributed by atoms with E-state index >= 15 is 0 Å². The van der Waals surface area contributed by atoms with Crippen molar-refractivity contribution >= 4 is 33.0 Å². The Kier molecular flexibility index (Phi) is 6.86. The standard InChI is InChI=1S/C24H23BrN4O3/c1-31-22-13-16(7-10-21(22)32-12-11-26)15-27-29-23(17-5-3-2-4-6-17)28-20-9-8-18(25)14-19(20)24(29)30/h7-10,13-15,17H,2-6,12H2,1H3. The molecule has 1 heterocycles. The van der Waals surface area contributed by atoms with Crippen molar-refractivity contribution in [3.8, 4) is 17.6 Å². The Bertz CT molecular complexity index is 1260. The van der Waals surface area contributed by atoms with E-state index in [0.717, 1.165) is 35.7 Å². The number of hydrogen-bond donors (Lipinski definition) is 0. The summed E-state index contributed by atoms with van der Waals surface area (Å²) < 4.78 is 13.0. The van der Waals surface area contributed by atoms with Gasteiger partial charge >= 0.3 is 0 Å². The summed E-state index contributed by atoms with van der Waals surface area (Å²) in [6.45, 7) is -0.0672. The number of ether oxygens (including phenoxy) is 2. The highest BCUT2D eigenvalue weighted by Gasteiger charge is 2.22. The van der Waals surface area contributed by atoms with Crippen molar-refractivity contribution in [1.82, 2.24) is 9.66 Å². The Hall–Kier alpha value is -3.18. The van der Waals surface area contributed by atoms with E-state index in [0.29, 0.717) is 28.2 Å². The molecular formula is C24H23BrN4O3. The van der Waals surface area contributed by atoms with Gasteiger partial charge < -0.3 is 9.47 Å². The molecule has 0 radical (unpaired) electrons. The van der Waals surface area contributed by atoms with Crippen molar-refractivity contribution in [1.29, 1.82) is 5.26 Å². The Balaban J connectivity index is 1.77. The highest BCUT2D eigenvalue weighted by molar-refractivity contribution is 9.10. The number of fused-ring (bicyclic) bond motifs is 1. The van der Waals surface area contributed by atoms with Crippen LogP contribution in [0.25, 0.3) is 10.9 Å². The van der Waals surface area contributed by atoms with Crippen molar-refractivity contribution in [3.63, 3.8) is 0 Å². The first kappa shape index (κ1) is 22.0. The normalized spacial score (nSPS) is 14.5. The maximum Gasteiger partial charge on any atom is 0.282 e. The smallest absolute Gasteiger partial charge is 0.282 e. The predicted molar refractivity (Wildman–Crippen MR) is 127 cm³/mol. The molecule has 1 saturated carbocycles. The molecule has 1 fully saturated rings. The molecule has 164 valence electrons. The molecule has 7 nitrogen and oxygen atoms in total. The third-order valence-corrected chi connectivity index (χ3v) is 6.10. The number of aromatic nitrogens is 2. The van der Waals surface area contributed by atoms with Gasteiger partial charge in [-0.05, 0) is 54.8 Å². The van der Waals surface area contributed by atoms with Crippen LogP contribution >= 0.6 is 15.9 Å². The van der Waals surface area contributed by atoms with Crippen molar-refractivity contribution in [2.24, 2.45) is 5.10 Å². The first-order valence-corrected chi connectivity index (χ1v) is 11.3. The fourth-order valence-electron chi connectivity index (χ4n) is 4.02. The first-order valence-electron chi connectivity index (χ1n) is 10.5. The zero-order chi connectivity index (χ0) is 22.5. The van der Waals surface area contributed by atoms with Gasteiger partial charge in [0.05, 0.1) is 24.2 Å². The summed E-state index contributed by atoms with van der Waals surface area (Å²) in [6.07, 6.45) is 7.10. The maximum absolute atomic E-state index is 13.4. The van der Waals surface area contributed by atoms with Gasteiger partial charge in [-0.1, -0.05) is 35.2 Å². The number of methoxy groups -OCH3 is 1. The zero-order valence-electron chi connectivity index (χ0n) is 17.8. The van der Waals surface area contributed by atoms with Crippen molar-refractivity contribution < 1.29 is 9.47 Å². The van der Waals surface area contributed by atoms with Gasteiger partial charge in [0.25, 0.3) is 5.56 Å². The quantitative estimate of drug-likeness (QED) is 0.449. The lowest BCUT2D eigenvalue weighted by Crippen LogP contribution is -2.25. The van der Waals surface area contributed by atoms with Crippen molar-refractivity contribution in [2.45, 2.75) is 38.0 Å². The molecule has 32 heavy (non-hydrogen) atoms. The summed E-state index contributed by atoms with van der Waals surface area (Å²) in [5.41, 5.74) is 1.24. The Labute approximate surface area is 194 Å². The summed E-state index contributed by atoms with van der Waals surface area (Å²) in [5, 5.41) is 13.8. The number of nitrogens with zero attached hydrogens (tertiary/aromatic N) is 4. The van der Waals surface area contributed by atoms with E-state index in [1.807, 2.05) is 18.2 Å². The molecule has 0 spiro atoms. The van der Waals surface area contributed by atoms with Crippen LogP contribution < -0.4 is 15.0 Å². The second-order valence-corrected chi connectivity index (χ2v) is 8.60. The monoisotopic (exact) mass is 494 g/mol. The fourth-order valence-corrected chi connectivity index (χ4v) is 4.38. The number of halogens is 1. The van der Waals surface area contributed by atoms with Crippen LogP contribution in [0.3, 0.4) is 0 Å². The number of nitriles is 1. The molecule has 0 N–H and O–H groups in total. The van der Waals surface area contributed by atoms with E-state index in [-0.39, 0.29) is 18.1 Å². The van der Waals surface area contributed by atoms with E-state index in [2.05, 4.69) is 21.0 Å². The van der Waals surface area contributed by atoms with Gasteiger partial charge in [0.2, 0.25) is 0 Å². The van der Waals surface area contributed by atoms with Gasteiger partial charge in [-0.2, -0.15) is 15.0 Å². The topological polar surface area (TPSA) is 89.5 Å². The average molecular weight is 495 g/mol. The van der Waals surface area contributed by atoms with Crippen LogP contribution in [-0.2, 0) is 0 Å². The Morgan fingerprint density at radius 2 is 2.03 bits per heavy atom. The molecule has 0 saturated heterocycles. The van der Waals surface area contributed by atoms with Crippen LogP contribution in [0, 0.1) is 11.3 Å². The molecule has 2 aromatic carbocycles. The third kappa shape index (κ3) is 4.68. The van der Waals surface area contributed by atoms with Crippen LogP contribution in [0.2, 0.25) is 0 Å². The van der Waals surface area contributed by atoms with Crippen LogP contribution in [-0.4, -0.2) is 29.6 Å². The molecule has 8 heteroatoms. The van der Waals surface area contributed by atoms with Crippen LogP contribution in [0.5, 0.6) is 11.5 Å². The minimum atomic E-state index is -0.186. The maximum atomic E-state index is 13.4. The molecule has 1 aromatic heterocycles. The predicted octanol–water partition coefficient (Wildman–Crippen LogP) is 5.00. The third-order valence-electron chi connectivity index (χ3n) is 5.61. The molecule has 3 aromatic rings. The van der Waals surface area contributed by atoms with E-state index in [4.69, 9.17) is 19.7 Å². The number of benzene rings is 2. The molecule has 0 amide bonds. The molecule has 0 unspecified atom stereocenters. The van der Waals surface area contributed by atoms with E-state index in [9.17, 15) is 4.79 Å². The van der Waals surface area contributed by atoms with Crippen molar-refractivity contribution in [3.05, 3.63) is 62.6 Å². The largest absolute Gasteiger partial charge is 0.493 e. The molecule has 0 aliphatic heterocycles. The summed E-state index contributed by atoms with van der Waals surface area (Å²) >= 11 is 3.44. The second-order valence-electron chi connectivity index (χ2n) is 7.69. The van der Waals surface area contributed by atoms with Gasteiger partial charge in [0, 0.05) is 10.4 Å². The minimum Gasteiger partial charge on any atom is -0.493 e. The summed E-state index contributed by atoms with van der Waals surface area (Å²) in [4.78, 5) is 18.2. The molecule has 1 aliphatic rings. The highest BCUT2D eigenvalue weighted by Crippen LogP contribution is 2.32. The summed E-state index contributed by atoms with van der Waals surface area (Å²) in [5.74, 6) is 1.88. The molecular weight excluding hydrogens is 472 g/mol. The summed E-state index contributed by atoms with van der Waals surface area (Å²) in [6, 6.07) is 12.8. The second kappa shape index (κ2) is 9.96. The van der Waals surface area contributed by atoms with E-state index in [1.54, 1.807) is 30.5 Å². The molecule has 0 atom stereocenters. The van der Waals surface area contributed by atoms with Crippen LogP contribution in [0.15, 0.2) is 50.8 Å². The fraction of sp³-hybridized carbons (Fsp3) is 0.333. The Morgan fingerprint density at radius 3 is 2.78 bits per heavy atom. The van der Waals surface area contributed by atoms with Crippen molar-refractivity contribution in [2.75, 3.05) is 13.7 Å². The molecule has 4 rings (SSSR count). The van der Waals surface area contributed by atoms with Crippen LogP contribution in [0.4, 0.5) is 0 Å². The highest BCUT2D eigenvalue weighted by atomic mass is 79.9.